The number of hydrogen-bond donors (Lipinski definition) is 1. The van der Waals surface area contributed by atoms with Gasteiger partial charge < -0.3 is 15.1 Å². The molecule has 4 aromatic rings. The van der Waals surface area contributed by atoms with Crippen molar-refractivity contribution in [2.75, 3.05) is 31.1 Å². The highest BCUT2D eigenvalue weighted by Gasteiger charge is 2.32. The van der Waals surface area contributed by atoms with Crippen LogP contribution in [0.2, 0.25) is 0 Å². The van der Waals surface area contributed by atoms with E-state index < -0.39 is 11.6 Å². The normalized spacial score (nSPS) is 15.3. The number of pyridine rings is 1. The van der Waals surface area contributed by atoms with E-state index in [1.165, 1.54) is 18.6 Å². The first-order valence-electron chi connectivity index (χ1n) is 12.4. The molecule has 4 heterocycles. The Labute approximate surface area is 223 Å². The van der Waals surface area contributed by atoms with E-state index in [9.17, 15) is 18.4 Å². The van der Waals surface area contributed by atoms with Crippen molar-refractivity contribution in [3.63, 3.8) is 0 Å². The lowest BCUT2D eigenvalue weighted by molar-refractivity contribution is -0.121. The molecule has 0 radical (unpaired) electrons. The van der Waals surface area contributed by atoms with Gasteiger partial charge in [-0.3, -0.25) is 19.1 Å². The summed E-state index contributed by atoms with van der Waals surface area (Å²) in [5, 5.41) is 2.85. The molecule has 1 unspecified atom stereocenters. The van der Waals surface area contributed by atoms with E-state index in [4.69, 9.17) is 0 Å². The number of benzene rings is 1. The highest BCUT2D eigenvalue weighted by atomic mass is 19.2. The van der Waals surface area contributed by atoms with E-state index >= 15 is 0 Å². The first kappa shape index (κ1) is 25.9. The predicted molar refractivity (Wildman–Crippen MR) is 138 cm³/mol. The Bertz CT molecular complexity index is 1430. The number of carbonyl (C=O) groups excluding carboxylic acids is 2. The molecule has 1 aromatic carbocycles. The van der Waals surface area contributed by atoms with Crippen LogP contribution in [0.4, 0.5) is 14.6 Å². The Hall–Kier alpha value is -4.74. The lowest BCUT2D eigenvalue weighted by Crippen LogP contribution is -2.56. The third kappa shape index (κ3) is 6.22. The first-order valence-corrected chi connectivity index (χ1v) is 12.4. The van der Waals surface area contributed by atoms with Crippen LogP contribution in [0.3, 0.4) is 0 Å². The predicted octanol–water partition coefficient (Wildman–Crippen LogP) is 2.42. The Morgan fingerprint density at radius 3 is 2.64 bits per heavy atom. The molecule has 0 bridgehead atoms. The van der Waals surface area contributed by atoms with Crippen molar-refractivity contribution in [3.05, 3.63) is 96.6 Å². The van der Waals surface area contributed by atoms with Crippen molar-refractivity contribution >= 4 is 17.6 Å². The van der Waals surface area contributed by atoms with E-state index in [0.717, 1.165) is 12.1 Å². The summed E-state index contributed by atoms with van der Waals surface area (Å²) in [6, 6.07) is 8.55. The number of nitrogens with one attached hydrogen (secondary N) is 1. The van der Waals surface area contributed by atoms with Gasteiger partial charge in [0.05, 0.1) is 11.6 Å². The number of aromatic nitrogens is 5. The molecule has 1 saturated heterocycles. The van der Waals surface area contributed by atoms with Gasteiger partial charge in [0.25, 0.3) is 5.91 Å². The summed E-state index contributed by atoms with van der Waals surface area (Å²) in [6.07, 6.45) is 10.1. The summed E-state index contributed by atoms with van der Waals surface area (Å²) < 4.78 is 28.5. The molecule has 10 nitrogen and oxygen atoms in total. The van der Waals surface area contributed by atoms with Crippen LogP contribution in [-0.2, 0) is 11.2 Å². The molecule has 12 heteroatoms. The van der Waals surface area contributed by atoms with Crippen LogP contribution in [-0.4, -0.2) is 73.4 Å². The van der Waals surface area contributed by atoms with E-state index in [1.807, 2.05) is 11.0 Å². The van der Waals surface area contributed by atoms with Crippen LogP contribution in [0.1, 0.15) is 22.3 Å². The molecular weight excluding hydrogens is 506 g/mol. The molecule has 3 aromatic heterocycles. The van der Waals surface area contributed by atoms with E-state index in [-0.39, 0.29) is 30.8 Å². The van der Waals surface area contributed by atoms with Crippen LogP contribution < -0.4 is 10.2 Å². The average molecular weight is 533 g/mol. The molecule has 1 fully saturated rings. The number of hydrogen-bond acceptors (Lipinski definition) is 7. The second-order valence-corrected chi connectivity index (χ2v) is 9.10. The smallest absolute Gasteiger partial charge is 0.255 e. The van der Waals surface area contributed by atoms with Gasteiger partial charge in [-0.25, -0.2) is 23.7 Å². The van der Waals surface area contributed by atoms with Crippen molar-refractivity contribution in [1.29, 1.82) is 0 Å². The minimum Gasteiger partial charge on any atom is -0.356 e. The number of imidazole rings is 1. The maximum absolute atomic E-state index is 13.5. The maximum Gasteiger partial charge on any atom is 0.255 e. The van der Waals surface area contributed by atoms with E-state index in [2.05, 4.69) is 25.3 Å². The molecule has 0 spiro atoms. The van der Waals surface area contributed by atoms with Gasteiger partial charge >= 0.3 is 0 Å². The number of nitrogens with zero attached hydrogens (tertiary/aromatic N) is 7. The largest absolute Gasteiger partial charge is 0.356 e. The van der Waals surface area contributed by atoms with Gasteiger partial charge in [-0.05, 0) is 36.2 Å². The summed E-state index contributed by atoms with van der Waals surface area (Å²) in [5.74, 6) is -0.968. The Kier molecular flexibility index (Phi) is 7.80. The molecule has 0 saturated carbocycles. The van der Waals surface area contributed by atoms with Gasteiger partial charge in [0.1, 0.15) is 24.3 Å². The quantitative estimate of drug-likeness (QED) is 0.371. The van der Waals surface area contributed by atoms with Crippen LogP contribution in [0.25, 0.3) is 5.82 Å². The molecule has 39 heavy (non-hydrogen) atoms. The van der Waals surface area contributed by atoms with Gasteiger partial charge in [-0.2, -0.15) is 0 Å². The highest BCUT2D eigenvalue weighted by molar-refractivity contribution is 5.94. The number of halogens is 2. The first-order chi connectivity index (χ1) is 19.0. The zero-order valence-electron chi connectivity index (χ0n) is 21.0. The molecule has 1 atom stereocenters. The van der Waals surface area contributed by atoms with Crippen LogP contribution >= 0.6 is 0 Å². The Morgan fingerprint density at radius 2 is 1.87 bits per heavy atom. The standard InChI is InChI=1S/C27H26F2N8O2/c28-22-4-3-19(12-23(22)29)5-7-32-26(38)13-21-16-35(27(39)20-2-1-6-30-15-20)10-11-37(21)25-14-24(33-17-34-25)36-9-8-31-18-36/h1-4,6,8-9,12,14-15,17-18,21H,5,7,10-11,13,16H2,(H,32,38). The summed E-state index contributed by atoms with van der Waals surface area (Å²) in [7, 11) is 0. The van der Waals surface area contributed by atoms with Crippen LogP contribution in [0, 0.1) is 11.6 Å². The summed E-state index contributed by atoms with van der Waals surface area (Å²) in [4.78, 5) is 46.7. The van der Waals surface area contributed by atoms with Gasteiger partial charge in [0.2, 0.25) is 5.91 Å². The maximum atomic E-state index is 13.5. The Morgan fingerprint density at radius 1 is 1.00 bits per heavy atom. The number of anilines is 1. The lowest BCUT2D eigenvalue weighted by Gasteiger charge is -2.42. The fraction of sp³-hybridized carbons (Fsp3) is 0.259. The second-order valence-electron chi connectivity index (χ2n) is 9.10. The molecule has 200 valence electrons. The molecular formula is C27H26F2N8O2. The molecule has 1 N–H and O–H groups in total. The molecule has 2 amide bonds. The molecule has 1 aliphatic heterocycles. The third-order valence-electron chi connectivity index (χ3n) is 6.52. The minimum absolute atomic E-state index is 0.0962. The topological polar surface area (TPSA) is 109 Å². The number of amides is 2. The van der Waals surface area contributed by atoms with Crippen molar-refractivity contribution in [3.8, 4) is 5.82 Å². The lowest BCUT2D eigenvalue weighted by atomic mass is 10.1. The van der Waals surface area contributed by atoms with Crippen LogP contribution in [0.5, 0.6) is 0 Å². The van der Waals surface area contributed by atoms with Gasteiger partial charge in [-0.15, -0.1) is 0 Å². The number of rotatable bonds is 8. The SMILES string of the molecule is O=C(CC1CN(C(=O)c2cccnc2)CCN1c1cc(-n2ccnc2)ncn1)NCCc1ccc(F)c(F)c1. The van der Waals surface area contributed by atoms with Crippen molar-refractivity contribution in [1.82, 2.24) is 34.7 Å². The number of carbonyl (C=O) groups is 2. The van der Waals surface area contributed by atoms with Crippen molar-refractivity contribution in [2.24, 2.45) is 0 Å². The molecule has 1 aliphatic rings. The molecule has 5 rings (SSSR count). The zero-order valence-corrected chi connectivity index (χ0v) is 21.0. The monoisotopic (exact) mass is 532 g/mol. The summed E-state index contributed by atoms with van der Waals surface area (Å²) in [6.45, 7) is 1.45. The van der Waals surface area contributed by atoms with E-state index in [0.29, 0.717) is 48.8 Å². The summed E-state index contributed by atoms with van der Waals surface area (Å²) in [5.41, 5.74) is 1.06. The number of piperazine rings is 1. The van der Waals surface area contributed by atoms with E-state index in [1.54, 1.807) is 46.5 Å². The second kappa shape index (κ2) is 11.8. The summed E-state index contributed by atoms with van der Waals surface area (Å²) >= 11 is 0. The average Bonchev–Trinajstić information content (AvgIpc) is 3.50. The highest BCUT2D eigenvalue weighted by Crippen LogP contribution is 2.23. The van der Waals surface area contributed by atoms with Crippen molar-refractivity contribution in [2.45, 2.75) is 18.9 Å². The zero-order chi connectivity index (χ0) is 27.2. The van der Waals surface area contributed by atoms with Gasteiger partial charge in [0, 0.05) is 63.5 Å². The van der Waals surface area contributed by atoms with Crippen LogP contribution in [0.15, 0.2) is 73.8 Å². The fourth-order valence-corrected chi connectivity index (χ4v) is 4.55. The Balaban J connectivity index is 1.30. The van der Waals surface area contributed by atoms with Crippen molar-refractivity contribution < 1.29 is 18.4 Å². The van der Waals surface area contributed by atoms with Gasteiger partial charge in [-0.1, -0.05) is 6.07 Å². The molecule has 0 aliphatic carbocycles. The fourth-order valence-electron chi connectivity index (χ4n) is 4.55. The third-order valence-corrected chi connectivity index (χ3v) is 6.52. The minimum atomic E-state index is -0.921. The van der Waals surface area contributed by atoms with Gasteiger partial charge in [0.15, 0.2) is 11.6 Å².